The summed E-state index contributed by atoms with van der Waals surface area (Å²) in [6, 6.07) is 13.6. The van der Waals surface area contributed by atoms with Crippen LogP contribution in [0.1, 0.15) is 34.8 Å². The van der Waals surface area contributed by atoms with E-state index in [9.17, 15) is 10.6 Å². The number of aromatic nitrogens is 4. The maximum absolute atomic E-state index is 14.4. The van der Waals surface area contributed by atoms with Crippen LogP contribution in [0.5, 0.6) is 17.4 Å². The fourth-order valence-corrected chi connectivity index (χ4v) is 7.60. The van der Waals surface area contributed by atoms with Gasteiger partial charge in [-0.1, -0.05) is 35.9 Å². The number of piperazine rings is 1. The monoisotopic (exact) mass is 775 g/mol. The molecule has 4 aromatic heterocycles. The third kappa shape index (κ3) is 8.14. The van der Waals surface area contributed by atoms with Gasteiger partial charge in [-0.05, 0) is 68.8 Å². The van der Waals surface area contributed by atoms with Gasteiger partial charge in [0.15, 0.2) is 11.9 Å². The first-order valence-corrected chi connectivity index (χ1v) is 18.8. The molecule has 2 aromatic carbocycles. The molecule has 0 aliphatic carbocycles. The quantitative estimate of drug-likeness (QED) is 0.103. The van der Waals surface area contributed by atoms with Crippen LogP contribution < -0.4 is 14.2 Å². The first-order chi connectivity index (χ1) is 27.4. The van der Waals surface area contributed by atoms with Crippen molar-refractivity contribution in [3.63, 3.8) is 0 Å². The number of hydrogen-bond acceptors (Lipinski definition) is 11. The molecule has 0 spiro atoms. The van der Waals surface area contributed by atoms with Crippen molar-refractivity contribution in [1.82, 2.24) is 29.5 Å². The molecule has 14 heteroatoms. The average molecular weight is 776 g/mol. The lowest BCUT2D eigenvalue weighted by Gasteiger charge is -2.32. The Balaban J connectivity index is 1.24. The van der Waals surface area contributed by atoms with Gasteiger partial charge in [-0.25, -0.2) is 9.97 Å². The number of carbonyl (C=O) groups is 1. The number of nitrogens with zero attached hydrogens (tertiary/aromatic N) is 6. The largest absolute Gasteiger partial charge is 0.491 e. The van der Waals surface area contributed by atoms with Gasteiger partial charge >= 0.3 is 0 Å². The molecule has 1 aliphatic heterocycles. The van der Waals surface area contributed by atoms with E-state index in [1.165, 1.54) is 53.7 Å². The molecule has 0 radical (unpaired) electrons. The minimum absolute atomic E-state index is 0.00517. The van der Waals surface area contributed by atoms with E-state index in [1.807, 2.05) is 19.9 Å². The number of para-hydroxylation sites is 1. The molecule has 1 aliphatic rings. The number of halogens is 2. The number of ketones is 1. The summed E-state index contributed by atoms with van der Waals surface area (Å²) in [7, 11) is 2.11. The molecule has 0 bridgehead atoms. The molecule has 1 fully saturated rings. The summed E-state index contributed by atoms with van der Waals surface area (Å²) < 4.78 is 66.6. The predicted octanol–water partition coefficient (Wildman–Crippen LogP) is 7.72. The molecule has 2 unspecified atom stereocenters. The maximum Gasteiger partial charge on any atom is 0.278 e. The van der Waals surface area contributed by atoms with Crippen LogP contribution in [0.15, 0.2) is 71.5 Å². The number of rotatable bonds is 15. The lowest BCUT2D eigenvalue weighted by molar-refractivity contribution is -0.123. The normalized spacial score (nSPS) is 16.1. The molecule has 0 amide bonds. The van der Waals surface area contributed by atoms with E-state index in [0.717, 1.165) is 32.7 Å². The van der Waals surface area contributed by atoms with E-state index >= 15 is 0 Å². The van der Waals surface area contributed by atoms with Crippen molar-refractivity contribution in [2.24, 2.45) is 0 Å². The third-order valence-corrected chi connectivity index (χ3v) is 10.9. The number of furan rings is 1. The minimum Gasteiger partial charge on any atom is -0.491 e. The highest BCUT2D eigenvalue weighted by atomic mass is 35.5. The molecule has 0 N–H and O–H groups in total. The number of carbonyl (C=O) groups excluding carboxylic acids is 1. The summed E-state index contributed by atoms with van der Waals surface area (Å²) in [5.74, 6) is 0.342. The van der Waals surface area contributed by atoms with Gasteiger partial charge in [0.25, 0.3) is 6.01 Å². The van der Waals surface area contributed by atoms with Crippen molar-refractivity contribution in [3.8, 4) is 39.1 Å². The number of benzene rings is 2. The summed E-state index contributed by atoms with van der Waals surface area (Å²) in [6.07, 6.45) is -0.0186. The Labute approximate surface area is 326 Å². The third-order valence-electron chi connectivity index (χ3n) is 9.30. The number of hydrogen-bond donors (Lipinski definition) is 0. The van der Waals surface area contributed by atoms with Crippen LogP contribution in [0.2, 0.25) is 5.02 Å². The van der Waals surface area contributed by atoms with Gasteiger partial charge < -0.3 is 23.5 Å². The number of aryl methyl sites for hydroxylation is 1. The Morgan fingerprint density at radius 3 is 2.65 bits per heavy atom. The molecule has 11 nitrogen and oxygen atoms in total. The molecule has 0 saturated carbocycles. The number of Topliss-reactive ketones (excluding diaryl/α,β-unsaturated/α-hetero) is 1. The Hall–Kier alpha value is -4.82. The van der Waals surface area contributed by atoms with Crippen molar-refractivity contribution in [2.75, 3.05) is 46.4 Å². The predicted molar refractivity (Wildman–Crippen MR) is 207 cm³/mol. The lowest BCUT2D eigenvalue weighted by atomic mass is 9.97. The zero-order valence-electron chi connectivity index (χ0n) is 33.3. The first-order valence-electron chi connectivity index (χ1n) is 19.2. The van der Waals surface area contributed by atoms with E-state index < -0.39 is 30.9 Å². The highest BCUT2D eigenvalue weighted by Gasteiger charge is 2.28. The molecule has 2 atom stereocenters. The summed E-state index contributed by atoms with van der Waals surface area (Å²) in [5.41, 5.74) is 2.28. The van der Waals surface area contributed by atoms with Crippen LogP contribution in [0, 0.1) is 12.9 Å². The van der Waals surface area contributed by atoms with E-state index in [-0.39, 0.29) is 28.6 Å². The van der Waals surface area contributed by atoms with Crippen LogP contribution in [0.3, 0.4) is 0 Å². The summed E-state index contributed by atoms with van der Waals surface area (Å²) >= 11 is 8.22. The van der Waals surface area contributed by atoms with Crippen molar-refractivity contribution < 1.29 is 31.9 Å². The SMILES string of the molecule is [2H]C(c1ccccc1OC([2H])([2H])c1ccnn1CC)C(Oc1ncnc2sc(-c3ccc(F)o3)c(-c3ccc(OCCN4CCN(C)CC4)c(Cl)c3C)c12)C(C)=O. The average Bonchev–Trinajstić information content (AvgIpc) is 3.95. The van der Waals surface area contributed by atoms with Gasteiger partial charge in [0.2, 0.25) is 5.88 Å². The number of thiophene rings is 1. The van der Waals surface area contributed by atoms with Crippen LogP contribution in [0.4, 0.5) is 4.39 Å². The van der Waals surface area contributed by atoms with Gasteiger partial charge in [0.1, 0.15) is 41.6 Å². The first kappa shape index (κ1) is 33.7. The zero-order valence-corrected chi connectivity index (χ0v) is 31.9. The van der Waals surface area contributed by atoms with Gasteiger partial charge in [-0.15, -0.1) is 11.3 Å². The van der Waals surface area contributed by atoms with Crippen molar-refractivity contribution in [2.45, 2.75) is 46.4 Å². The molecular formula is C40H42ClFN6O5S. The topological polar surface area (TPSA) is 108 Å². The van der Waals surface area contributed by atoms with Gasteiger partial charge in [0.05, 0.1) is 23.7 Å². The fraction of sp³-hybridized carbons (Fsp3) is 0.350. The standard InChI is InChI=1S/C40H42ClFN6O5S/c1-5-48-28(14-15-45-48)23-51-30-9-7-6-8-27(30)22-33(26(3)49)53-39-36-35(38(32-12-13-34(42)52-32)54-40(36)44-24-43-39)29-10-11-31(37(41)25(29)2)50-21-20-47-18-16-46(4)17-19-47/h6-15,24,33H,5,16-23H2,1-4H3/i22D,23D2. The smallest absolute Gasteiger partial charge is 0.278 e. The zero-order chi connectivity index (χ0) is 40.4. The fourth-order valence-electron chi connectivity index (χ4n) is 6.27. The van der Waals surface area contributed by atoms with Crippen molar-refractivity contribution in [3.05, 3.63) is 95.0 Å². The van der Waals surface area contributed by atoms with Crippen LogP contribution in [0.25, 0.3) is 32.0 Å². The summed E-state index contributed by atoms with van der Waals surface area (Å²) in [6.45, 7) is 8.26. The van der Waals surface area contributed by atoms with Crippen molar-refractivity contribution in [1.29, 1.82) is 0 Å². The Morgan fingerprint density at radius 2 is 1.89 bits per heavy atom. The number of ether oxygens (including phenoxy) is 3. The molecule has 282 valence electrons. The lowest BCUT2D eigenvalue weighted by Crippen LogP contribution is -2.45. The highest BCUT2D eigenvalue weighted by molar-refractivity contribution is 7.22. The maximum atomic E-state index is 14.4. The van der Waals surface area contributed by atoms with E-state index in [0.29, 0.717) is 55.7 Å². The van der Waals surface area contributed by atoms with E-state index in [1.54, 1.807) is 30.3 Å². The van der Waals surface area contributed by atoms with Crippen LogP contribution in [-0.2, 0) is 24.3 Å². The Bertz CT molecular complexity index is 2380. The molecule has 6 aromatic rings. The second-order valence-corrected chi connectivity index (χ2v) is 14.3. The molecule has 7 rings (SSSR count). The number of likely N-dealkylation sites (N-methyl/N-ethyl adjacent to an activating group) is 1. The van der Waals surface area contributed by atoms with E-state index in [4.69, 9.17) is 33.0 Å². The van der Waals surface area contributed by atoms with Gasteiger partial charge in [0, 0.05) is 64.9 Å². The highest BCUT2D eigenvalue weighted by Crippen LogP contribution is 2.49. The van der Waals surface area contributed by atoms with Crippen LogP contribution >= 0.6 is 22.9 Å². The molecule has 1 saturated heterocycles. The van der Waals surface area contributed by atoms with E-state index in [2.05, 4.69) is 31.9 Å². The molecular weight excluding hydrogens is 731 g/mol. The summed E-state index contributed by atoms with van der Waals surface area (Å²) in [4.78, 5) is 28.0. The Morgan fingerprint density at radius 1 is 1.07 bits per heavy atom. The second kappa shape index (κ2) is 16.7. The molecule has 5 heterocycles. The Kier molecular flexibility index (Phi) is 10.4. The second-order valence-electron chi connectivity index (χ2n) is 12.9. The number of fused-ring (bicyclic) bond motifs is 1. The van der Waals surface area contributed by atoms with Crippen molar-refractivity contribution >= 4 is 38.9 Å². The van der Waals surface area contributed by atoms with Gasteiger partial charge in [-0.3, -0.25) is 14.4 Å². The molecule has 54 heavy (non-hydrogen) atoms. The summed E-state index contributed by atoms with van der Waals surface area (Å²) in [5, 5.41) is 4.96. The minimum atomic E-state index is -2.31. The van der Waals surface area contributed by atoms with Gasteiger partial charge in [-0.2, -0.15) is 9.49 Å². The van der Waals surface area contributed by atoms with Crippen LogP contribution in [-0.4, -0.2) is 87.8 Å².